The first-order chi connectivity index (χ1) is 8.40. The van der Waals surface area contributed by atoms with Gasteiger partial charge in [-0.3, -0.25) is 19.9 Å². The zero-order valence-corrected chi connectivity index (χ0v) is 10.6. The average molecular weight is 249 g/mol. The number of aromatic nitrogens is 1. The molecule has 18 heavy (non-hydrogen) atoms. The molecular weight excluding hydrogens is 234 g/mol. The van der Waals surface area contributed by atoms with Crippen LogP contribution >= 0.6 is 0 Å². The van der Waals surface area contributed by atoms with Crippen LogP contribution in [-0.2, 0) is 4.79 Å². The normalized spacial score (nSPS) is 21.5. The molecule has 1 aromatic heterocycles. The van der Waals surface area contributed by atoms with Crippen LogP contribution in [0.2, 0.25) is 0 Å². The zero-order valence-electron chi connectivity index (χ0n) is 10.6. The molecule has 1 amide bonds. The van der Waals surface area contributed by atoms with Gasteiger partial charge in [-0.1, -0.05) is 0 Å². The van der Waals surface area contributed by atoms with Crippen molar-refractivity contribution in [3.63, 3.8) is 0 Å². The van der Waals surface area contributed by atoms with Crippen molar-refractivity contribution in [3.05, 3.63) is 33.1 Å². The number of carbonyl (C=O) groups is 1. The third kappa shape index (κ3) is 2.32. The van der Waals surface area contributed by atoms with Crippen LogP contribution in [0.4, 0.5) is 5.69 Å². The standard InChI is InChI=1S/C12H15N3O3/c1-6-4-7(2)13-8(3)11(6)14-12(16)9-5-10(9)15(17)18/h4,9-10H,5H2,1-3H3,(H,14,16). The van der Waals surface area contributed by atoms with Crippen LogP contribution in [0, 0.1) is 36.8 Å². The summed E-state index contributed by atoms with van der Waals surface area (Å²) < 4.78 is 0. The predicted molar refractivity (Wildman–Crippen MR) is 66.0 cm³/mol. The molecule has 6 heteroatoms. The van der Waals surface area contributed by atoms with E-state index in [2.05, 4.69) is 10.3 Å². The minimum absolute atomic E-state index is 0.284. The topological polar surface area (TPSA) is 85.1 Å². The van der Waals surface area contributed by atoms with Crippen LogP contribution in [0.15, 0.2) is 6.07 Å². The number of aryl methyl sites for hydroxylation is 3. The van der Waals surface area contributed by atoms with Crippen molar-refractivity contribution in [2.75, 3.05) is 5.32 Å². The molecule has 96 valence electrons. The summed E-state index contributed by atoms with van der Waals surface area (Å²) >= 11 is 0. The molecule has 1 aromatic rings. The van der Waals surface area contributed by atoms with E-state index < -0.39 is 16.9 Å². The number of anilines is 1. The van der Waals surface area contributed by atoms with Crippen molar-refractivity contribution in [1.29, 1.82) is 0 Å². The van der Waals surface area contributed by atoms with Gasteiger partial charge < -0.3 is 5.32 Å². The second kappa shape index (κ2) is 4.36. The Morgan fingerprint density at radius 1 is 1.50 bits per heavy atom. The Kier molecular flexibility index (Phi) is 3.02. The first-order valence-electron chi connectivity index (χ1n) is 5.79. The highest BCUT2D eigenvalue weighted by Gasteiger charge is 2.53. The number of rotatable bonds is 3. The minimum Gasteiger partial charge on any atom is -0.324 e. The zero-order chi connectivity index (χ0) is 13.4. The molecule has 0 bridgehead atoms. The lowest BCUT2D eigenvalue weighted by molar-refractivity contribution is -0.497. The Labute approximate surface area is 105 Å². The number of carbonyl (C=O) groups excluding carboxylic acids is 1. The van der Waals surface area contributed by atoms with Crippen LogP contribution in [0.25, 0.3) is 0 Å². The number of nitrogens with zero attached hydrogens (tertiary/aromatic N) is 2. The van der Waals surface area contributed by atoms with Gasteiger partial charge in [0, 0.05) is 17.0 Å². The number of amides is 1. The minimum atomic E-state index is -0.719. The predicted octanol–water partition coefficient (Wildman–Crippen LogP) is 1.61. The van der Waals surface area contributed by atoms with Gasteiger partial charge in [-0.2, -0.15) is 0 Å². The van der Waals surface area contributed by atoms with Crippen molar-refractivity contribution in [3.8, 4) is 0 Å². The van der Waals surface area contributed by atoms with E-state index in [-0.39, 0.29) is 5.91 Å². The quantitative estimate of drug-likeness (QED) is 0.651. The maximum atomic E-state index is 11.8. The maximum Gasteiger partial charge on any atom is 0.234 e. The molecule has 0 aliphatic heterocycles. The molecule has 0 spiro atoms. The van der Waals surface area contributed by atoms with E-state index >= 15 is 0 Å². The summed E-state index contributed by atoms with van der Waals surface area (Å²) in [7, 11) is 0. The van der Waals surface area contributed by atoms with E-state index in [0.29, 0.717) is 12.1 Å². The monoisotopic (exact) mass is 249 g/mol. The van der Waals surface area contributed by atoms with Crippen molar-refractivity contribution < 1.29 is 9.72 Å². The van der Waals surface area contributed by atoms with Crippen molar-refractivity contribution in [2.45, 2.75) is 33.2 Å². The fraction of sp³-hybridized carbons (Fsp3) is 0.500. The smallest absolute Gasteiger partial charge is 0.234 e. The third-order valence-electron chi connectivity index (χ3n) is 3.14. The van der Waals surface area contributed by atoms with Gasteiger partial charge >= 0.3 is 0 Å². The van der Waals surface area contributed by atoms with Crippen molar-refractivity contribution in [2.24, 2.45) is 5.92 Å². The van der Waals surface area contributed by atoms with Crippen LogP contribution in [-0.4, -0.2) is 21.9 Å². The van der Waals surface area contributed by atoms with Gasteiger partial charge in [-0.05, 0) is 32.4 Å². The molecule has 1 aliphatic rings. The molecule has 0 radical (unpaired) electrons. The fourth-order valence-electron chi connectivity index (χ4n) is 2.12. The Bertz CT molecular complexity index is 504. The molecule has 2 unspecified atom stereocenters. The lowest BCUT2D eigenvalue weighted by Crippen LogP contribution is -2.20. The summed E-state index contributed by atoms with van der Waals surface area (Å²) in [5.74, 6) is -0.784. The Morgan fingerprint density at radius 3 is 2.67 bits per heavy atom. The number of nitrogens with one attached hydrogen (secondary N) is 1. The third-order valence-corrected chi connectivity index (χ3v) is 3.14. The number of nitro groups is 1. The van der Waals surface area contributed by atoms with Crippen LogP contribution in [0.3, 0.4) is 0 Å². The number of hydrogen-bond donors (Lipinski definition) is 1. The summed E-state index contributed by atoms with van der Waals surface area (Å²) in [5.41, 5.74) is 3.21. The summed E-state index contributed by atoms with van der Waals surface area (Å²) in [4.78, 5) is 26.2. The molecular formula is C12H15N3O3. The van der Waals surface area contributed by atoms with E-state index in [9.17, 15) is 14.9 Å². The van der Waals surface area contributed by atoms with Crippen LogP contribution in [0.5, 0.6) is 0 Å². The second-order valence-corrected chi connectivity index (χ2v) is 4.73. The van der Waals surface area contributed by atoms with Crippen molar-refractivity contribution >= 4 is 11.6 Å². The SMILES string of the molecule is Cc1cc(C)c(NC(=O)C2CC2[N+](=O)[O-])c(C)n1. The van der Waals surface area contributed by atoms with Crippen LogP contribution < -0.4 is 5.32 Å². The van der Waals surface area contributed by atoms with E-state index in [1.807, 2.05) is 26.8 Å². The molecule has 0 aromatic carbocycles. The van der Waals surface area contributed by atoms with Gasteiger partial charge in [0.25, 0.3) is 0 Å². The highest BCUT2D eigenvalue weighted by atomic mass is 16.6. The fourth-order valence-corrected chi connectivity index (χ4v) is 2.12. The van der Waals surface area contributed by atoms with Gasteiger partial charge in [0.2, 0.25) is 11.9 Å². The van der Waals surface area contributed by atoms with Crippen molar-refractivity contribution in [1.82, 2.24) is 4.98 Å². The average Bonchev–Trinajstić information content (AvgIpc) is 3.02. The number of hydrogen-bond acceptors (Lipinski definition) is 4. The molecule has 1 saturated carbocycles. The number of pyridine rings is 1. The van der Waals surface area contributed by atoms with E-state index in [4.69, 9.17) is 0 Å². The molecule has 1 N–H and O–H groups in total. The summed E-state index contributed by atoms with van der Waals surface area (Å²) in [6, 6.07) is 1.16. The maximum absolute atomic E-state index is 11.8. The summed E-state index contributed by atoms with van der Waals surface area (Å²) in [5, 5.41) is 13.3. The van der Waals surface area contributed by atoms with Gasteiger partial charge in [0.1, 0.15) is 5.92 Å². The lowest BCUT2D eigenvalue weighted by atomic mass is 10.1. The van der Waals surface area contributed by atoms with Gasteiger partial charge in [0.05, 0.1) is 11.4 Å². The molecule has 1 aliphatic carbocycles. The first-order valence-corrected chi connectivity index (χ1v) is 5.79. The van der Waals surface area contributed by atoms with E-state index in [1.165, 1.54) is 0 Å². The van der Waals surface area contributed by atoms with Gasteiger partial charge in [0.15, 0.2) is 0 Å². The second-order valence-electron chi connectivity index (χ2n) is 4.73. The molecule has 1 heterocycles. The Balaban J connectivity index is 2.11. The largest absolute Gasteiger partial charge is 0.324 e. The molecule has 6 nitrogen and oxygen atoms in total. The Morgan fingerprint density at radius 2 is 2.17 bits per heavy atom. The highest BCUT2D eigenvalue weighted by molar-refractivity contribution is 5.95. The molecule has 2 rings (SSSR count). The van der Waals surface area contributed by atoms with E-state index in [0.717, 1.165) is 17.0 Å². The first kappa shape index (κ1) is 12.5. The summed E-state index contributed by atoms with van der Waals surface area (Å²) in [6.07, 6.45) is 0.330. The lowest BCUT2D eigenvalue weighted by Gasteiger charge is -2.11. The van der Waals surface area contributed by atoms with Gasteiger partial charge in [-0.15, -0.1) is 0 Å². The van der Waals surface area contributed by atoms with Crippen LogP contribution in [0.1, 0.15) is 23.4 Å². The molecule has 2 atom stereocenters. The Hall–Kier alpha value is -1.98. The van der Waals surface area contributed by atoms with E-state index in [1.54, 1.807) is 0 Å². The van der Waals surface area contributed by atoms with Gasteiger partial charge in [-0.25, -0.2) is 0 Å². The summed E-state index contributed by atoms with van der Waals surface area (Å²) in [6.45, 7) is 5.58. The molecule has 0 saturated heterocycles. The molecule has 1 fully saturated rings. The highest BCUT2D eigenvalue weighted by Crippen LogP contribution is 2.34.